The lowest BCUT2D eigenvalue weighted by Crippen LogP contribution is -2.45. The van der Waals surface area contributed by atoms with Crippen molar-refractivity contribution < 1.29 is 4.92 Å². The predicted molar refractivity (Wildman–Crippen MR) is 82.0 cm³/mol. The lowest BCUT2D eigenvalue weighted by Gasteiger charge is -2.37. The molecule has 2 rings (SSSR count). The summed E-state index contributed by atoms with van der Waals surface area (Å²) in [5.74, 6) is 0.691. The molecule has 21 heavy (non-hydrogen) atoms. The molecule has 116 valence electrons. The molecule has 0 spiro atoms. The van der Waals surface area contributed by atoms with Gasteiger partial charge in [0.2, 0.25) is 0 Å². The van der Waals surface area contributed by atoms with Crippen LogP contribution in [0, 0.1) is 29.9 Å². The molecule has 2 heterocycles. The van der Waals surface area contributed by atoms with Crippen molar-refractivity contribution in [2.24, 2.45) is 11.7 Å². The maximum Gasteiger partial charge on any atom is 0.278 e. The quantitative estimate of drug-likeness (QED) is 0.679. The Morgan fingerprint density at radius 1 is 1.52 bits per heavy atom. The highest BCUT2D eigenvalue weighted by Gasteiger charge is 2.27. The van der Waals surface area contributed by atoms with E-state index in [1.165, 1.54) is 0 Å². The van der Waals surface area contributed by atoms with Gasteiger partial charge in [-0.15, -0.1) is 0 Å². The Bertz CT molecular complexity index is 533. The third-order valence-corrected chi connectivity index (χ3v) is 4.48. The van der Waals surface area contributed by atoms with E-state index in [4.69, 9.17) is 5.73 Å². The highest BCUT2D eigenvalue weighted by atomic mass is 16.6. The van der Waals surface area contributed by atoms with Crippen LogP contribution in [-0.2, 0) is 6.54 Å². The fraction of sp³-hybridized carbons (Fsp3) is 0.667. The van der Waals surface area contributed by atoms with Gasteiger partial charge in [0.1, 0.15) is 0 Å². The number of likely N-dealkylation sites (tertiary alicyclic amines) is 1. The van der Waals surface area contributed by atoms with Gasteiger partial charge >= 0.3 is 0 Å². The normalized spacial score (nSPS) is 23.2. The van der Waals surface area contributed by atoms with Crippen LogP contribution >= 0.6 is 0 Å². The largest absolute Gasteiger partial charge is 0.329 e. The van der Waals surface area contributed by atoms with E-state index in [0.717, 1.165) is 25.1 Å². The number of pyridine rings is 1. The standard InChI is InChI=1S/C15H24N4O2/c1-10-4-5-18(13(6-10)7-16)9-14-12(3)15(19(20)21)11(2)8-17-14/h8,10,13H,4-7,9,16H2,1-3H3. The van der Waals surface area contributed by atoms with Crippen LogP contribution in [0.25, 0.3) is 0 Å². The van der Waals surface area contributed by atoms with Crippen LogP contribution in [0.3, 0.4) is 0 Å². The second-order valence-corrected chi connectivity index (χ2v) is 6.11. The fourth-order valence-electron chi connectivity index (χ4n) is 3.15. The monoisotopic (exact) mass is 292 g/mol. The van der Waals surface area contributed by atoms with Gasteiger partial charge in [-0.2, -0.15) is 0 Å². The van der Waals surface area contributed by atoms with Crippen molar-refractivity contribution >= 4 is 5.69 Å². The zero-order chi connectivity index (χ0) is 15.6. The molecule has 1 aromatic heterocycles. The van der Waals surface area contributed by atoms with Gasteiger partial charge in [0.05, 0.1) is 10.6 Å². The number of hydrogen-bond acceptors (Lipinski definition) is 5. The molecule has 1 aliphatic heterocycles. The van der Waals surface area contributed by atoms with E-state index in [-0.39, 0.29) is 10.6 Å². The Morgan fingerprint density at radius 3 is 2.86 bits per heavy atom. The molecular weight excluding hydrogens is 268 g/mol. The van der Waals surface area contributed by atoms with Crippen LogP contribution in [0.5, 0.6) is 0 Å². The number of nitrogens with two attached hydrogens (primary N) is 1. The van der Waals surface area contributed by atoms with Crippen molar-refractivity contribution in [3.63, 3.8) is 0 Å². The minimum absolute atomic E-state index is 0.190. The second kappa shape index (κ2) is 6.49. The minimum Gasteiger partial charge on any atom is -0.329 e. The van der Waals surface area contributed by atoms with E-state index in [9.17, 15) is 10.1 Å². The first-order valence-electron chi connectivity index (χ1n) is 7.47. The molecule has 6 heteroatoms. The van der Waals surface area contributed by atoms with Gasteiger partial charge in [0, 0.05) is 36.5 Å². The van der Waals surface area contributed by atoms with Crippen LogP contribution < -0.4 is 5.73 Å². The average Bonchev–Trinajstić information content (AvgIpc) is 2.43. The van der Waals surface area contributed by atoms with E-state index in [2.05, 4.69) is 16.8 Å². The highest BCUT2D eigenvalue weighted by Crippen LogP contribution is 2.28. The Balaban J connectivity index is 2.23. The summed E-state index contributed by atoms with van der Waals surface area (Å²) in [5, 5.41) is 11.2. The van der Waals surface area contributed by atoms with Crippen LogP contribution in [-0.4, -0.2) is 33.9 Å². The molecule has 0 aliphatic carbocycles. The summed E-state index contributed by atoms with van der Waals surface area (Å²) in [6.07, 6.45) is 3.83. The first-order chi connectivity index (χ1) is 9.93. The first-order valence-corrected chi connectivity index (χ1v) is 7.47. The zero-order valence-corrected chi connectivity index (χ0v) is 13.0. The van der Waals surface area contributed by atoms with E-state index < -0.39 is 0 Å². The third-order valence-electron chi connectivity index (χ3n) is 4.48. The van der Waals surface area contributed by atoms with E-state index in [1.54, 1.807) is 20.0 Å². The Hall–Kier alpha value is -1.53. The second-order valence-electron chi connectivity index (χ2n) is 6.11. The average molecular weight is 292 g/mol. The summed E-state index contributed by atoms with van der Waals surface area (Å²) in [4.78, 5) is 17.6. The van der Waals surface area contributed by atoms with E-state index >= 15 is 0 Å². The number of piperidine rings is 1. The lowest BCUT2D eigenvalue weighted by molar-refractivity contribution is -0.386. The molecule has 1 saturated heterocycles. The van der Waals surface area contributed by atoms with Crippen molar-refractivity contribution in [3.05, 3.63) is 33.1 Å². The molecule has 0 aromatic carbocycles. The molecule has 0 radical (unpaired) electrons. The van der Waals surface area contributed by atoms with Crippen molar-refractivity contribution in [2.75, 3.05) is 13.1 Å². The topological polar surface area (TPSA) is 85.3 Å². The van der Waals surface area contributed by atoms with Crippen molar-refractivity contribution in [1.82, 2.24) is 9.88 Å². The molecule has 2 unspecified atom stereocenters. The summed E-state index contributed by atoms with van der Waals surface area (Å²) in [6.45, 7) is 8.01. The van der Waals surface area contributed by atoms with E-state index in [1.807, 2.05) is 0 Å². The molecule has 0 saturated carbocycles. The van der Waals surface area contributed by atoms with Gasteiger partial charge in [-0.3, -0.25) is 20.0 Å². The van der Waals surface area contributed by atoms with Crippen molar-refractivity contribution in [1.29, 1.82) is 0 Å². The molecule has 1 aliphatic rings. The highest BCUT2D eigenvalue weighted by molar-refractivity contribution is 5.47. The molecule has 1 fully saturated rings. The summed E-state index contributed by atoms with van der Waals surface area (Å²) in [7, 11) is 0. The summed E-state index contributed by atoms with van der Waals surface area (Å²) in [6, 6.07) is 0.343. The van der Waals surface area contributed by atoms with Gasteiger partial charge in [-0.1, -0.05) is 6.92 Å². The molecule has 2 atom stereocenters. The fourth-order valence-corrected chi connectivity index (χ4v) is 3.15. The third kappa shape index (κ3) is 3.39. The summed E-state index contributed by atoms with van der Waals surface area (Å²) >= 11 is 0. The SMILES string of the molecule is Cc1cnc(CN2CCC(C)CC2CN)c(C)c1[N+](=O)[O-]. The maximum absolute atomic E-state index is 11.2. The first kappa shape index (κ1) is 15.9. The van der Waals surface area contributed by atoms with Crippen LogP contribution in [0.1, 0.15) is 36.6 Å². The van der Waals surface area contributed by atoms with Gasteiger partial charge in [-0.05, 0) is 39.2 Å². The number of aryl methyl sites for hydroxylation is 1. The molecule has 1 aromatic rings. The Labute approximate surface area is 125 Å². The molecular formula is C15H24N4O2. The van der Waals surface area contributed by atoms with Gasteiger partial charge in [0.15, 0.2) is 0 Å². The van der Waals surface area contributed by atoms with Crippen LogP contribution in [0.15, 0.2) is 6.20 Å². The molecule has 2 N–H and O–H groups in total. The van der Waals surface area contributed by atoms with Gasteiger partial charge < -0.3 is 5.73 Å². The number of aromatic nitrogens is 1. The van der Waals surface area contributed by atoms with Gasteiger partial charge in [-0.25, -0.2) is 0 Å². The van der Waals surface area contributed by atoms with Crippen molar-refractivity contribution in [2.45, 2.75) is 46.2 Å². The summed E-state index contributed by atoms with van der Waals surface area (Å²) < 4.78 is 0. The maximum atomic E-state index is 11.2. The lowest BCUT2D eigenvalue weighted by atomic mass is 9.92. The molecule has 0 amide bonds. The smallest absolute Gasteiger partial charge is 0.278 e. The minimum atomic E-state index is -0.311. The number of hydrogen-bond donors (Lipinski definition) is 1. The number of nitrogens with zero attached hydrogens (tertiary/aromatic N) is 3. The summed E-state index contributed by atoms with van der Waals surface area (Å²) in [5.41, 5.74) is 8.15. The number of nitro groups is 1. The van der Waals surface area contributed by atoms with Crippen LogP contribution in [0.4, 0.5) is 5.69 Å². The molecule has 0 bridgehead atoms. The Morgan fingerprint density at radius 2 is 2.24 bits per heavy atom. The molecule has 6 nitrogen and oxygen atoms in total. The van der Waals surface area contributed by atoms with Crippen LogP contribution in [0.2, 0.25) is 0 Å². The number of rotatable bonds is 4. The zero-order valence-electron chi connectivity index (χ0n) is 13.0. The Kier molecular flexibility index (Phi) is 4.90. The van der Waals surface area contributed by atoms with Gasteiger partial charge in [0.25, 0.3) is 5.69 Å². The predicted octanol–water partition coefficient (Wildman–Crippen LogP) is 2.17. The van der Waals surface area contributed by atoms with Crippen molar-refractivity contribution in [3.8, 4) is 0 Å². The van der Waals surface area contributed by atoms with E-state index in [0.29, 0.717) is 36.2 Å².